The molecule has 0 heteroatoms. The largest absolute Gasteiger partial charge is 0.124 e. The summed E-state index contributed by atoms with van der Waals surface area (Å²) in [7, 11) is 0. The van der Waals surface area contributed by atoms with E-state index in [4.69, 9.17) is 1.37 Å². The lowest BCUT2D eigenvalue weighted by atomic mass is 10.1. The van der Waals surface area contributed by atoms with Crippen LogP contribution in [0.3, 0.4) is 0 Å². The second-order valence-corrected chi connectivity index (χ2v) is 2.93. The van der Waals surface area contributed by atoms with Gasteiger partial charge in [0.2, 0.25) is 0 Å². The molecule has 0 amide bonds. The molecule has 0 unspecified atom stereocenters. The number of hydrogen-bond donors (Lipinski definition) is 0. The van der Waals surface area contributed by atoms with Crippen LogP contribution in [0.25, 0.3) is 0 Å². The summed E-state index contributed by atoms with van der Waals surface area (Å²) in [5.74, 6) is 2.71. The monoisotopic (exact) mass is 159 g/mol. The molecule has 0 aliphatic heterocycles. The smallest absolute Gasteiger partial charge is 0.115 e. The van der Waals surface area contributed by atoms with Crippen LogP contribution < -0.4 is 0 Å². The second-order valence-electron chi connectivity index (χ2n) is 2.93. The van der Waals surface area contributed by atoms with Gasteiger partial charge < -0.3 is 0 Å². The van der Waals surface area contributed by atoms with Crippen molar-refractivity contribution in [2.75, 3.05) is 0 Å². The average Bonchev–Trinajstić information content (AvgIpc) is 2.17. The van der Waals surface area contributed by atoms with Crippen LogP contribution in [0.4, 0.5) is 0 Å². The van der Waals surface area contributed by atoms with Crippen molar-refractivity contribution in [2.45, 2.75) is 26.2 Å². The normalized spacial score (nSPS) is 9.92. The van der Waals surface area contributed by atoms with Crippen molar-refractivity contribution in [3.63, 3.8) is 0 Å². The highest BCUT2D eigenvalue weighted by Crippen LogP contribution is 2.06. The fourth-order valence-electron chi connectivity index (χ4n) is 1.14. The molecule has 1 rings (SSSR count). The maximum absolute atomic E-state index is 6.74. The number of aryl methyl sites for hydroxylation is 1. The first-order chi connectivity index (χ1) is 6.36. The number of benzene rings is 1. The summed E-state index contributed by atoms with van der Waals surface area (Å²) in [6, 6.07) is 8.14. The topological polar surface area (TPSA) is 0 Å². The molecule has 0 aliphatic carbocycles. The molecule has 0 bridgehead atoms. The summed E-state index contributed by atoms with van der Waals surface area (Å²) >= 11 is 0. The fourth-order valence-corrected chi connectivity index (χ4v) is 1.14. The Hall–Kier alpha value is -1.22. The highest BCUT2D eigenvalue weighted by Gasteiger charge is 1.91. The second kappa shape index (κ2) is 4.62. The summed E-state index contributed by atoms with van der Waals surface area (Å²) in [5, 5.41) is 0. The van der Waals surface area contributed by atoms with Gasteiger partial charge in [-0.25, -0.2) is 0 Å². The first-order valence-corrected chi connectivity index (χ1v) is 4.38. The van der Waals surface area contributed by atoms with E-state index in [1.54, 1.807) is 0 Å². The average molecular weight is 159 g/mol. The Bertz CT molecular complexity index is 300. The van der Waals surface area contributed by atoms with Crippen molar-refractivity contribution in [1.29, 1.82) is 0 Å². The van der Waals surface area contributed by atoms with Gasteiger partial charge in [0.15, 0.2) is 0 Å². The third kappa shape index (κ3) is 2.43. The Balaban J connectivity index is 2.62. The molecule has 12 heavy (non-hydrogen) atoms. The third-order valence-corrected chi connectivity index (χ3v) is 1.92. The van der Waals surface area contributed by atoms with Gasteiger partial charge in [-0.1, -0.05) is 31.4 Å². The Labute approximate surface area is 76.0 Å². The molecule has 0 aliphatic rings. The molecule has 0 heterocycles. The summed E-state index contributed by atoms with van der Waals surface area (Å²) in [6.45, 7) is 2.19. The van der Waals surface area contributed by atoms with Crippen molar-refractivity contribution < 1.29 is 1.37 Å². The summed E-state index contributed by atoms with van der Waals surface area (Å²) in [6.07, 6.45) is 5.76. The van der Waals surface area contributed by atoms with Crippen LogP contribution in [-0.4, -0.2) is 0 Å². The third-order valence-electron chi connectivity index (χ3n) is 1.92. The van der Waals surface area contributed by atoms with Gasteiger partial charge in [-0.05, 0) is 30.5 Å². The maximum Gasteiger partial charge on any atom is 0.124 e. The molecule has 0 radical (unpaired) electrons. The van der Waals surface area contributed by atoms with Gasteiger partial charge in [0.25, 0.3) is 0 Å². The first kappa shape index (κ1) is 7.43. The van der Waals surface area contributed by atoms with Crippen LogP contribution in [0, 0.1) is 12.3 Å². The number of hydrogen-bond acceptors (Lipinski definition) is 0. The van der Waals surface area contributed by atoms with E-state index in [9.17, 15) is 0 Å². The standard InChI is InChI=1S/C12H14/c1-3-5-6-12-9-7-11(4-2)8-10-12/h2,7-10H,3,5-6H2,1H3/i2D. The van der Waals surface area contributed by atoms with E-state index in [2.05, 4.69) is 31.4 Å². The van der Waals surface area contributed by atoms with Crippen molar-refractivity contribution in [3.05, 3.63) is 35.4 Å². The minimum Gasteiger partial charge on any atom is -0.115 e. The van der Waals surface area contributed by atoms with E-state index in [1.165, 1.54) is 18.4 Å². The van der Waals surface area contributed by atoms with Gasteiger partial charge >= 0.3 is 0 Å². The van der Waals surface area contributed by atoms with Crippen LogP contribution in [0.2, 0.25) is 0 Å². The van der Waals surface area contributed by atoms with Gasteiger partial charge in [-0.15, -0.1) is 6.40 Å². The number of unbranched alkanes of at least 4 members (excludes halogenated alkanes) is 1. The van der Waals surface area contributed by atoms with E-state index in [1.807, 2.05) is 12.1 Å². The summed E-state index contributed by atoms with van der Waals surface area (Å²) in [4.78, 5) is 0. The fraction of sp³-hybridized carbons (Fsp3) is 0.333. The SMILES string of the molecule is [2H]C#Cc1ccc(CCCC)cc1. The maximum atomic E-state index is 6.74. The lowest BCUT2D eigenvalue weighted by molar-refractivity contribution is 0.795. The number of rotatable bonds is 3. The lowest BCUT2D eigenvalue weighted by Crippen LogP contribution is -1.84. The van der Waals surface area contributed by atoms with Gasteiger partial charge in [0.05, 0.1) is 0 Å². The van der Waals surface area contributed by atoms with Crippen molar-refractivity contribution in [1.82, 2.24) is 0 Å². The van der Waals surface area contributed by atoms with Gasteiger partial charge in [0, 0.05) is 5.56 Å². The molecule has 0 spiro atoms. The predicted octanol–water partition coefficient (Wildman–Crippen LogP) is 3.01. The van der Waals surface area contributed by atoms with Gasteiger partial charge in [-0.2, -0.15) is 0 Å². The van der Waals surface area contributed by atoms with Crippen molar-refractivity contribution >= 4 is 0 Å². The van der Waals surface area contributed by atoms with Crippen LogP contribution >= 0.6 is 0 Å². The zero-order chi connectivity index (χ0) is 9.52. The van der Waals surface area contributed by atoms with E-state index in [0.717, 1.165) is 12.0 Å². The highest BCUT2D eigenvalue weighted by atomic mass is 14.0. The summed E-state index contributed by atoms with van der Waals surface area (Å²) < 4.78 is 6.74. The van der Waals surface area contributed by atoms with E-state index in [-0.39, 0.29) is 0 Å². The van der Waals surface area contributed by atoms with Crippen LogP contribution in [0.15, 0.2) is 24.3 Å². The predicted molar refractivity (Wildman–Crippen MR) is 53.0 cm³/mol. The molecule has 0 fully saturated rings. The zero-order valence-electron chi connectivity index (χ0n) is 8.43. The molecule has 1 aromatic carbocycles. The zero-order valence-corrected chi connectivity index (χ0v) is 7.43. The molecule has 0 nitrogen and oxygen atoms in total. The minimum absolute atomic E-state index is 0.926. The molecular weight excluding hydrogens is 144 g/mol. The Morgan fingerprint density at radius 1 is 1.42 bits per heavy atom. The summed E-state index contributed by atoms with van der Waals surface area (Å²) in [5.41, 5.74) is 2.28. The molecule has 1 aromatic rings. The van der Waals surface area contributed by atoms with E-state index in [0.29, 0.717) is 0 Å². The van der Waals surface area contributed by atoms with Crippen LogP contribution in [0.5, 0.6) is 0 Å². The Morgan fingerprint density at radius 3 is 2.75 bits per heavy atom. The van der Waals surface area contributed by atoms with Gasteiger partial charge in [-0.3, -0.25) is 0 Å². The Morgan fingerprint density at radius 2 is 2.17 bits per heavy atom. The molecule has 0 saturated carbocycles. The molecule has 0 N–H and O–H groups in total. The van der Waals surface area contributed by atoms with Crippen LogP contribution in [0.1, 0.15) is 32.3 Å². The Kier molecular flexibility index (Phi) is 2.86. The molecule has 62 valence electrons. The van der Waals surface area contributed by atoms with Gasteiger partial charge in [0.1, 0.15) is 1.37 Å². The van der Waals surface area contributed by atoms with E-state index < -0.39 is 0 Å². The lowest BCUT2D eigenvalue weighted by Gasteiger charge is -1.98. The number of terminal acetylenes is 1. The molecular formula is C12H14. The van der Waals surface area contributed by atoms with Crippen LogP contribution in [-0.2, 0) is 6.42 Å². The van der Waals surface area contributed by atoms with Crippen molar-refractivity contribution in [2.24, 2.45) is 0 Å². The highest BCUT2D eigenvalue weighted by molar-refractivity contribution is 5.34. The quantitative estimate of drug-likeness (QED) is 0.595. The molecule has 0 aromatic heterocycles. The van der Waals surface area contributed by atoms with E-state index >= 15 is 0 Å². The minimum atomic E-state index is 0.926. The molecule has 0 saturated heterocycles. The first-order valence-electron chi connectivity index (χ1n) is 4.88. The molecule has 0 atom stereocenters. The van der Waals surface area contributed by atoms with Crippen molar-refractivity contribution in [3.8, 4) is 12.3 Å².